The van der Waals surface area contributed by atoms with Gasteiger partial charge in [-0.05, 0) is 25.1 Å². The van der Waals surface area contributed by atoms with Crippen LogP contribution >= 0.6 is 0 Å². The smallest absolute Gasteiger partial charge is 0.237 e. The standard InChI is InChI=1S/C11H18N2O3S/c1-3-13(17(14,15)8-7-16-2)11-6-4-5-10(12)9-11/h4-6,9H,3,7-8,12H2,1-2H3. The largest absolute Gasteiger partial charge is 0.399 e. The van der Waals surface area contributed by atoms with Crippen LogP contribution in [0.2, 0.25) is 0 Å². The summed E-state index contributed by atoms with van der Waals surface area (Å²) in [6, 6.07) is 6.83. The van der Waals surface area contributed by atoms with E-state index in [4.69, 9.17) is 10.5 Å². The molecule has 0 aliphatic carbocycles. The van der Waals surface area contributed by atoms with Gasteiger partial charge in [-0.15, -0.1) is 0 Å². The molecule has 0 fully saturated rings. The van der Waals surface area contributed by atoms with E-state index in [1.165, 1.54) is 11.4 Å². The molecule has 0 aromatic heterocycles. The van der Waals surface area contributed by atoms with Crippen molar-refractivity contribution in [2.75, 3.05) is 36.1 Å². The maximum atomic E-state index is 12.0. The Kier molecular flexibility index (Phi) is 4.77. The molecule has 0 spiro atoms. The van der Waals surface area contributed by atoms with E-state index >= 15 is 0 Å². The highest BCUT2D eigenvalue weighted by molar-refractivity contribution is 7.92. The fraction of sp³-hybridized carbons (Fsp3) is 0.455. The monoisotopic (exact) mass is 258 g/mol. The van der Waals surface area contributed by atoms with Gasteiger partial charge < -0.3 is 10.5 Å². The molecule has 1 aromatic rings. The molecule has 0 heterocycles. The fourth-order valence-electron chi connectivity index (χ4n) is 1.52. The Labute approximate surface area is 102 Å². The summed E-state index contributed by atoms with van der Waals surface area (Å²) >= 11 is 0. The maximum absolute atomic E-state index is 12.0. The van der Waals surface area contributed by atoms with Crippen LogP contribution in [0.15, 0.2) is 24.3 Å². The van der Waals surface area contributed by atoms with E-state index in [1.807, 2.05) is 0 Å². The minimum atomic E-state index is -3.35. The number of rotatable bonds is 6. The lowest BCUT2D eigenvalue weighted by Gasteiger charge is -2.22. The van der Waals surface area contributed by atoms with Gasteiger partial charge in [0.05, 0.1) is 18.0 Å². The van der Waals surface area contributed by atoms with Crippen molar-refractivity contribution in [3.8, 4) is 0 Å². The van der Waals surface area contributed by atoms with Crippen LogP contribution in [0.4, 0.5) is 11.4 Å². The number of hydrogen-bond donors (Lipinski definition) is 1. The van der Waals surface area contributed by atoms with E-state index in [-0.39, 0.29) is 12.4 Å². The van der Waals surface area contributed by atoms with Crippen LogP contribution in [0.3, 0.4) is 0 Å². The van der Waals surface area contributed by atoms with Gasteiger partial charge in [0.1, 0.15) is 0 Å². The van der Waals surface area contributed by atoms with Gasteiger partial charge in [-0.25, -0.2) is 8.42 Å². The summed E-state index contributed by atoms with van der Waals surface area (Å²) in [6.07, 6.45) is 0. The second-order valence-corrected chi connectivity index (χ2v) is 5.58. The van der Waals surface area contributed by atoms with Gasteiger partial charge in [0.15, 0.2) is 0 Å². The minimum absolute atomic E-state index is 0.0356. The van der Waals surface area contributed by atoms with Crippen molar-refractivity contribution in [1.29, 1.82) is 0 Å². The first-order valence-corrected chi connectivity index (χ1v) is 6.97. The summed E-state index contributed by atoms with van der Waals surface area (Å²) in [6.45, 7) is 2.34. The number of nitrogens with two attached hydrogens (primary N) is 1. The molecular formula is C11H18N2O3S. The van der Waals surface area contributed by atoms with Gasteiger partial charge in [-0.2, -0.15) is 0 Å². The molecule has 6 heteroatoms. The highest BCUT2D eigenvalue weighted by atomic mass is 32.2. The van der Waals surface area contributed by atoms with Gasteiger partial charge in [0.25, 0.3) is 0 Å². The van der Waals surface area contributed by atoms with E-state index in [0.29, 0.717) is 17.9 Å². The Bertz CT molecular complexity index is 460. The average molecular weight is 258 g/mol. The topological polar surface area (TPSA) is 72.6 Å². The second kappa shape index (κ2) is 5.88. The van der Waals surface area contributed by atoms with E-state index in [2.05, 4.69) is 0 Å². The van der Waals surface area contributed by atoms with Crippen molar-refractivity contribution >= 4 is 21.4 Å². The van der Waals surface area contributed by atoms with Crippen molar-refractivity contribution in [3.05, 3.63) is 24.3 Å². The molecule has 96 valence electrons. The van der Waals surface area contributed by atoms with Crippen LogP contribution in [-0.2, 0) is 14.8 Å². The summed E-state index contributed by atoms with van der Waals surface area (Å²) in [5, 5.41) is 0. The molecule has 1 aromatic carbocycles. The third-order valence-corrected chi connectivity index (χ3v) is 4.15. The highest BCUT2D eigenvalue weighted by Crippen LogP contribution is 2.20. The Morgan fingerprint density at radius 3 is 2.65 bits per heavy atom. The first-order chi connectivity index (χ1) is 8.01. The maximum Gasteiger partial charge on any atom is 0.237 e. The van der Waals surface area contributed by atoms with E-state index < -0.39 is 10.0 Å². The summed E-state index contributed by atoms with van der Waals surface area (Å²) in [5.41, 5.74) is 6.78. The van der Waals surface area contributed by atoms with Gasteiger partial charge in [-0.1, -0.05) is 6.07 Å². The third kappa shape index (κ3) is 3.61. The molecule has 0 unspecified atom stereocenters. The van der Waals surface area contributed by atoms with E-state index in [0.717, 1.165) is 0 Å². The van der Waals surface area contributed by atoms with Crippen LogP contribution in [0.25, 0.3) is 0 Å². The second-order valence-electron chi connectivity index (χ2n) is 3.57. The van der Waals surface area contributed by atoms with Gasteiger partial charge in [0.2, 0.25) is 10.0 Å². The molecule has 0 saturated heterocycles. The van der Waals surface area contributed by atoms with Gasteiger partial charge >= 0.3 is 0 Å². The molecule has 0 aliphatic rings. The lowest BCUT2D eigenvalue weighted by atomic mass is 10.3. The number of sulfonamides is 1. The SMILES string of the molecule is CCN(c1cccc(N)c1)S(=O)(=O)CCOC. The van der Waals surface area contributed by atoms with E-state index in [9.17, 15) is 8.42 Å². The molecule has 1 rings (SSSR count). The van der Waals surface area contributed by atoms with E-state index in [1.54, 1.807) is 31.2 Å². The van der Waals surface area contributed by atoms with Gasteiger partial charge in [0, 0.05) is 19.3 Å². The minimum Gasteiger partial charge on any atom is -0.399 e. The number of methoxy groups -OCH3 is 1. The van der Waals surface area contributed by atoms with Crippen LogP contribution in [0.5, 0.6) is 0 Å². The summed E-state index contributed by atoms with van der Waals surface area (Å²) in [5.74, 6) is -0.0356. The van der Waals surface area contributed by atoms with Crippen LogP contribution in [-0.4, -0.2) is 34.4 Å². The Balaban J connectivity index is 2.99. The molecule has 17 heavy (non-hydrogen) atoms. The van der Waals surface area contributed by atoms with Crippen molar-refractivity contribution < 1.29 is 13.2 Å². The van der Waals surface area contributed by atoms with Crippen molar-refractivity contribution in [3.63, 3.8) is 0 Å². The van der Waals surface area contributed by atoms with Crippen LogP contribution in [0, 0.1) is 0 Å². The summed E-state index contributed by atoms with van der Waals surface area (Å²) in [7, 11) is -1.87. The molecule has 2 N–H and O–H groups in total. The first-order valence-electron chi connectivity index (χ1n) is 5.36. The number of nitrogen functional groups attached to an aromatic ring is 1. The molecule has 0 amide bonds. The Morgan fingerprint density at radius 2 is 2.12 bits per heavy atom. The Morgan fingerprint density at radius 1 is 1.41 bits per heavy atom. The molecule has 0 atom stereocenters. The molecule has 0 saturated carbocycles. The number of nitrogens with zero attached hydrogens (tertiary/aromatic N) is 1. The molecule has 0 aliphatic heterocycles. The van der Waals surface area contributed by atoms with Crippen molar-refractivity contribution in [2.45, 2.75) is 6.92 Å². The number of benzene rings is 1. The molecular weight excluding hydrogens is 240 g/mol. The molecule has 0 bridgehead atoms. The summed E-state index contributed by atoms with van der Waals surface area (Å²) in [4.78, 5) is 0. The van der Waals surface area contributed by atoms with Gasteiger partial charge in [-0.3, -0.25) is 4.31 Å². The average Bonchev–Trinajstić information content (AvgIpc) is 2.27. The number of ether oxygens (including phenoxy) is 1. The molecule has 0 radical (unpaired) electrons. The lowest BCUT2D eigenvalue weighted by Crippen LogP contribution is -2.34. The number of hydrogen-bond acceptors (Lipinski definition) is 4. The zero-order valence-electron chi connectivity index (χ0n) is 10.1. The fourth-order valence-corrected chi connectivity index (χ4v) is 2.94. The Hall–Kier alpha value is -1.27. The molecule has 5 nitrogen and oxygen atoms in total. The predicted octanol–water partition coefficient (Wildman–Crippen LogP) is 1.07. The third-order valence-electron chi connectivity index (χ3n) is 2.33. The quantitative estimate of drug-likeness (QED) is 0.775. The zero-order chi connectivity index (χ0) is 12.9. The van der Waals surface area contributed by atoms with Crippen LogP contribution < -0.4 is 10.0 Å². The van der Waals surface area contributed by atoms with Crippen molar-refractivity contribution in [2.24, 2.45) is 0 Å². The lowest BCUT2D eigenvalue weighted by molar-refractivity contribution is 0.217. The normalized spacial score (nSPS) is 11.4. The van der Waals surface area contributed by atoms with Crippen molar-refractivity contribution in [1.82, 2.24) is 0 Å². The highest BCUT2D eigenvalue weighted by Gasteiger charge is 2.20. The van der Waals surface area contributed by atoms with Crippen LogP contribution in [0.1, 0.15) is 6.92 Å². The number of anilines is 2. The predicted molar refractivity (Wildman–Crippen MR) is 69.5 cm³/mol. The summed E-state index contributed by atoms with van der Waals surface area (Å²) < 4.78 is 30.2. The first kappa shape index (κ1) is 13.8. The zero-order valence-corrected chi connectivity index (χ0v) is 10.9.